The Hall–Kier alpha value is -0.480. The Morgan fingerprint density at radius 3 is 2.50 bits per heavy atom. The van der Waals surface area contributed by atoms with Crippen molar-refractivity contribution < 1.29 is 8.78 Å². The van der Waals surface area contributed by atoms with Crippen LogP contribution in [0.1, 0.15) is 18.4 Å². The Morgan fingerprint density at radius 1 is 1.29 bits per heavy atom. The van der Waals surface area contributed by atoms with Crippen LogP contribution >= 0.6 is 15.9 Å². The van der Waals surface area contributed by atoms with Crippen molar-refractivity contribution in [3.05, 3.63) is 33.8 Å². The van der Waals surface area contributed by atoms with E-state index >= 15 is 0 Å². The van der Waals surface area contributed by atoms with Gasteiger partial charge < -0.3 is 5.73 Å². The average Bonchev–Trinajstić information content (AvgIpc) is 2.86. The van der Waals surface area contributed by atoms with E-state index in [0.717, 1.165) is 12.8 Å². The van der Waals surface area contributed by atoms with E-state index in [1.807, 2.05) is 0 Å². The lowest BCUT2D eigenvalue weighted by Crippen LogP contribution is -2.25. The Labute approximate surface area is 89.4 Å². The summed E-state index contributed by atoms with van der Waals surface area (Å²) in [6.07, 6.45) is 2.21. The molecule has 0 bridgehead atoms. The fourth-order valence-corrected chi connectivity index (χ4v) is 1.73. The molecule has 2 N–H and O–H groups in total. The lowest BCUT2D eigenvalue weighted by molar-refractivity contribution is 0.487. The van der Waals surface area contributed by atoms with Gasteiger partial charge in [-0.3, -0.25) is 0 Å². The molecule has 14 heavy (non-hydrogen) atoms. The molecule has 0 aromatic heterocycles. The third-order valence-corrected chi connectivity index (χ3v) is 3.16. The van der Waals surface area contributed by atoms with Gasteiger partial charge in [-0.2, -0.15) is 0 Å². The molecule has 0 heterocycles. The first-order valence-corrected chi connectivity index (χ1v) is 5.22. The first-order chi connectivity index (χ1) is 6.52. The van der Waals surface area contributed by atoms with Crippen molar-refractivity contribution in [1.29, 1.82) is 0 Å². The minimum atomic E-state index is -0.827. The molecule has 1 aromatic rings. The zero-order chi connectivity index (χ0) is 10.3. The quantitative estimate of drug-likeness (QED) is 0.815. The third-order valence-electron chi connectivity index (χ3n) is 2.55. The Kier molecular flexibility index (Phi) is 2.35. The highest BCUT2D eigenvalue weighted by molar-refractivity contribution is 9.10. The number of nitrogens with two attached hydrogens (primary N) is 1. The molecule has 0 aliphatic heterocycles. The van der Waals surface area contributed by atoms with E-state index in [1.54, 1.807) is 6.07 Å². The largest absolute Gasteiger partial charge is 0.325 e. The normalized spacial score (nSPS) is 18.3. The number of rotatable bonds is 2. The highest BCUT2D eigenvalue weighted by Crippen LogP contribution is 2.36. The molecule has 1 aliphatic rings. The molecule has 0 spiro atoms. The summed E-state index contributed by atoms with van der Waals surface area (Å²) in [6.45, 7) is 0. The van der Waals surface area contributed by atoms with E-state index < -0.39 is 11.6 Å². The van der Waals surface area contributed by atoms with Crippen LogP contribution in [0.3, 0.4) is 0 Å². The van der Waals surface area contributed by atoms with Gasteiger partial charge in [0.2, 0.25) is 0 Å². The molecule has 2 rings (SSSR count). The van der Waals surface area contributed by atoms with E-state index in [-0.39, 0.29) is 10.0 Å². The minimum absolute atomic E-state index is 0.153. The molecule has 1 aromatic carbocycles. The molecular weight excluding hydrogens is 252 g/mol. The second-order valence-electron chi connectivity index (χ2n) is 3.87. The van der Waals surface area contributed by atoms with Crippen molar-refractivity contribution in [2.24, 2.45) is 5.73 Å². The van der Waals surface area contributed by atoms with Crippen LogP contribution in [-0.4, -0.2) is 5.54 Å². The highest BCUT2D eigenvalue weighted by Gasteiger charge is 2.38. The van der Waals surface area contributed by atoms with Crippen molar-refractivity contribution in [3.8, 4) is 0 Å². The average molecular weight is 262 g/mol. The van der Waals surface area contributed by atoms with E-state index in [4.69, 9.17) is 5.73 Å². The molecule has 0 unspecified atom stereocenters. The molecule has 0 amide bonds. The molecule has 0 radical (unpaired) electrons. The fourth-order valence-electron chi connectivity index (χ4n) is 1.42. The van der Waals surface area contributed by atoms with Crippen molar-refractivity contribution in [3.63, 3.8) is 0 Å². The van der Waals surface area contributed by atoms with E-state index in [1.165, 1.54) is 6.07 Å². The van der Waals surface area contributed by atoms with Crippen molar-refractivity contribution in [2.45, 2.75) is 24.8 Å². The third kappa shape index (κ3) is 1.81. The van der Waals surface area contributed by atoms with Crippen molar-refractivity contribution >= 4 is 15.9 Å². The Bertz CT molecular complexity index is 375. The lowest BCUT2D eigenvalue weighted by Gasteiger charge is -2.10. The van der Waals surface area contributed by atoms with Crippen LogP contribution in [0.4, 0.5) is 8.78 Å². The fraction of sp³-hybridized carbons (Fsp3) is 0.400. The topological polar surface area (TPSA) is 26.0 Å². The summed E-state index contributed by atoms with van der Waals surface area (Å²) in [5.74, 6) is -1.61. The van der Waals surface area contributed by atoms with Crippen molar-refractivity contribution in [2.75, 3.05) is 0 Å². The van der Waals surface area contributed by atoms with Crippen LogP contribution in [0.25, 0.3) is 0 Å². The van der Waals surface area contributed by atoms with Gasteiger partial charge in [0.05, 0.1) is 4.47 Å². The van der Waals surface area contributed by atoms with Gasteiger partial charge in [0, 0.05) is 5.54 Å². The predicted molar refractivity (Wildman–Crippen MR) is 53.9 cm³/mol. The molecule has 1 fully saturated rings. The van der Waals surface area contributed by atoms with Gasteiger partial charge in [-0.25, -0.2) is 8.78 Å². The predicted octanol–water partition coefficient (Wildman–Crippen LogP) is 2.76. The number of hydrogen-bond acceptors (Lipinski definition) is 1. The number of halogens is 3. The summed E-state index contributed by atoms with van der Waals surface area (Å²) >= 11 is 2.93. The molecule has 4 heteroatoms. The van der Waals surface area contributed by atoms with Gasteiger partial charge in [0.15, 0.2) is 11.6 Å². The zero-order valence-electron chi connectivity index (χ0n) is 7.49. The molecular formula is C10H10BrF2N. The number of hydrogen-bond donors (Lipinski definition) is 1. The Morgan fingerprint density at radius 2 is 1.93 bits per heavy atom. The summed E-state index contributed by atoms with van der Waals surface area (Å²) < 4.78 is 26.6. The van der Waals surface area contributed by atoms with Gasteiger partial charge in [0.1, 0.15) is 0 Å². The molecule has 1 saturated carbocycles. The van der Waals surface area contributed by atoms with Crippen molar-refractivity contribution in [1.82, 2.24) is 0 Å². The van der Waals surface area contributed by atoms with Gasteiger partial charge in [0.25, 0.3) is 0 Å². The van der Waals surface area contributed by atoms with E-state index in [2.05, 4.69) is 15.9 Å². The maximum Gasteiger partial charge on any atom is 0.173 e. The zero-order valence-corrected chi connectivity index (χ0v) is 9.07. The summed E-state index contributed by atoms with van der Waals surface area (Å²) in [7, 11) is 0. The lowest BCUT2D eigenvalue weighted by atomic mass is 10.0. The second-order valence-corrected chi connectivity index (χ2v) is 4.73. The smallest absolute Gasteiger partial charge is 0.173 e. The molecule has 1 nitrogen and oxygen atoms in total. The van der Waals surface area contributed by atoms with Crippen LogP contribution in [0, 0.1) is 11.6 Å². The molecule has 1 aliphatic carbocycles. The standard InChI is InChI=1S/C10H10BrF2N/c11-7-2-1-6(8(12)9(7)13)5-10(14)3-4-10/h1-2H,3-5,14H2. The van der Waals surface area contributed by atoms with E-state index in [0.29, 0.717) is 12.0 Å². The first-order valence-electron chi connectivity index (χ1n) is 4.43. The minimum Gasteiger partial charge on any atom is -0.325 e. The van der Waals surface area contributed by atoms with Gasteiger partial charge >= 0.3 is 0 Å². The maximum absolute atomic E-state index is 13.4. The second kappa shape index (κ2) is 3.28. The summed E-state index contributed by atoms with van der Waals surface area (Å²) in [4.78, 5) is 0. The number of benzene rings is 1. The molecule has 76 valence electrons. The van der Waals surface area contributed by atoms with Crippen LogP contribution < -0.4 is 5.73 Å². The molecule has 0 saturated heterocycles. The van der Waals surface area contributed by atoms with Gasteiger partial charge in [-0.1, -0.05) is 6.07 Å². The summed E-state index contributed by atoms with van der Waals surface area (Å²) in [6, 6.07) is 3.09. The summed E-state index contributed by atoms with van der Waals surface area (Å²) in [5, 5.41) is 0. The SMILES string of the molecule is NC1(Cc2ccc(Br)c(F)c2F)CC1. The first kappa shape index (κ1) is 10.1. The van der Waals surface area contributed by atoms with E-state index in [9.17, 15) is 8.78 Å². The molecule has 0 atom stereocenters. The highest BCUT2D eigenvalue weighted by atomic mass is 79.9. The van der Waals surface area contributed by atoms with Crippen LogP contribution in [-0.2, 0) is 6.42 Å². The monoisotopic (exact) mass is 261 g/mol. The van der Waals surface area contributed by atoms with Gasteiger partial charge in [-0.15, -0.1) is 0 Å². The maximum atomic E-state index is 13.4. The Balaban J connectivity index is 2.30. The van der Waals surface area contributed by atoms with Crippen LogP contribution in [0.15, 0.2) is 16.6 Å². The van der Waals surface area contributed by atoms with Gasteiger partial charge in [-0.05, 0) is 46.8 Å². The van der Waals surface area contributed by atoms with Crippen LogP contribution in [0.5, 0.6) is 0 Å². The summed E-state index contributed by atoms with van der Waals surface area (Å²) in [5.41, 5.74) is 5.91. The van der Waals surface area contributed by atoms with Crippen LogP contribution in [0.2, 0.25) is 0 Å².